The van der Waals surface area contributed by atoms with E-state index >= 15 is 0 Å². The Morgan fingerprint density at radius 3 is 2.15 bits per heavy atom. The Kier molecular flexibility index (Phi) is 6.37. The van der Waals surface area contributed by atoms with Crippen LogP contribution in [0.25, 0.3) is 0 Å². The molecular formula is C22H20ClNOS. The zero-order chi connectivity index (χ0) is 18.4. The third-order valence-electron chi connectivity index (χ3n) is 4.03. The van der Waals surface area contributed by atoms with Crippen LogP contribution in [-0.4, -0.2) is 17.9 Å². The molecule has 1 amide bonds. The maximum absolute atomic E-state index is 12.6. The predicted molar refractivity (Wildman–Crippen MR) is 110 cm³/mol. The summed E-state index contributed by atoms with van der Waals surface area (Å²) in [6, 6.07) is 25.7. The Hall–Kier alpha value is -2.23. The van der Waals surface area contributed by atoms with Crippen LogP contribution in [0.2, 0.25) is 5.02 Å². The van der Waals surface area contributed by atoms with Crippen LogP contribution in [-0.2, 0) is 12.3 Å². The Morgan fingerprint density at radius 2 is 1.50 bits per heavy atom. The highest BCUT2D eigenvalue weighted by molar-refractivity contribution is 7.98. The third kappa shape index (κ3) is 5.13. The van der Waals surface area contributed by atoms with Crippen LogP contribution in [0.3, 0.4) is 0 Å². The summed E-state index contributed by atoms with van der Waals surface area (Å²) in [7, 11) is 1.82. The molecule has 0 saturated carbocycles. The molecule has 0 N–H and O–H groups in total. The van der Waals surface area contributed by atoms with E-state index < -0.39 is 0 Å². The molecule has 26 heavy (non-hydrogen) atoms. The van der Waals surface area contributed by atoms with Crippen molar-refractivity contribution in [1.82, 2.24) is 4.90 Å². The molecule has 132 valence electrons. The van der Waals surface area contributed by atoms with Crippen molar-refractivity contribution in [1.29, 1.82) is 0 Å². The lowest BCUT2D eigenvalue weighted by Crippen LogP contribution is -2.26. The lowest BCUT2D eigenvalue weighted by molar-refractivity contribution is 0.0785. The van der Waals surface area contributed by atoms with Gasteiger partial charge in [0.1, 0.15) is 0 Å². The van der Waals surface area contributed by atoms with Gasteiger partial charge in [0.15, 0.2) is 0 Å². The van der Waals surface area contributed by atoms with Crippen molar-refractivity contribution in [3.63, 3.8) is 0 Å². The molecule has 3 rings (SSSR count). The van der Waals surface area contributed by atoms with E-state index in [1.807, 2.05) is 73.8 Å². The SMILES string of the molecule is CN(Cc1ccc(Cl)cc1)C(=O)c1ccc(CSc2ccccc2)cc1. The van der Waals surface area contributed by atoms with Gasteiger partial charge < -0.3 is 4.90 Å². The van der Waals surface area contributed by atoms with Gasteiger partial charge in [0, 0.05) is 34.8 Å². The monoisotopic (exact) mass is 381 g/mol. The number of rotatable bonds is 6. The second kappa shape index (κ2) is 8.93. The van der Waals surface area contributed by atoms with Crippen molar-refractivity contribution in [3.8, 4) is 0 Å². The normalized spacial score (nSPS) is 10.5. The molecule has 2 nitrogen and oxygen atoms in total. The quantitative estimate of drug-likeness (QED) is 0.495. The number of nitrogens with zero attached hydrogens (tertiary/aromatic N) is 1. The molecule has 3 aromatic rings. The van der Waals surface area contributed by atoms with E-state index in [-0.39, 0.29) is 5.91 Å². The summed E-state index contributed by atoms with van der Waals surface area (Å²) >= 11 is 7.69. The number of carbonyl (C=O) groups excluding carboxylic acids is 1. The van der Waals surface area contributed by atoms with E-state index in [9.17, 15) is 4.79 Å². The van der Waals surface area contributed by atoms with Gasteiger partial charge in [-0.1, -0.05) is 54.1 Å². The van der Waals surface area contributed by atoms with Crippen LogP contribution in [0.4, 0.5) is 0 Å². The van der Waals surface area contributed by atoms with Crippen molar-refractivity contribution < 1.29 is 4.79 Å². The largest absolute Gasteiger partial charge is 0.337 e. The minimum atomic E-state index is 0.0159. The van der Waals surface area contributed by atoms with Crippen molar-refractivity contribution in [3.05, 3.63) is 101 Å². The standard InChI is InChI=1S/C22H20ClNOS/c1-24(15-17-9-13-20(23)14-10-17)22(25)19-11-7-18(8-12-19)16-26-21-5-3-2-4-6-21/h2-14H,15-16H2,1H3. The molecule has 3 aromatic carbocycles. The van der Waals surface area contributed by atoms with Gasteiger partial charge in [-0.3, -0.25) is 4.79 Å². The molecule has 0 saturated heterocycles. The maximum atomic E-state index is 12.6. The van der Waals surface area contributed by atoms with Gasteiger partial charge in [-0.2, -0.15) is 0 Å². The summed E-state index contributed by atoms with van der Waals surface area (Å²) in [6.07, 6.45) is 0. The second-order valence-corrected chi connectivity index (χ2v) is 7.57. The smallest absolute Gasteiger partial charge is 0.253 e. The lowest BCUT2D eigenvalue weighted by Gasteiger charge is -2.17. The molecular weight excluding hydrogens is 362 g/mol. The summed E-state index contributed by atoms with van der Waals surface area (Å²) in [6.45, 7) is 0.557. The zero-order valence-electron chi connectivity index (χ0n) is 14.6. The average Bonchev–Trinajstić information content (AvgIpc) is 2.69. The highest BCUT2D eigenvalue weighted by Gasteiger charge is 2.12. The van der Waals surface area contributed by atoms with E-state index in [0.717, 1.165) is 11.3 Å². The summed E-state index contributed by atoms with van der Waals surface area (Å²) in [5.41, 5.74) is 2.96. The highest BCUT2D eigenvalue weighted by Crippen LogP contribution is 2.22. The van der Waals surface area contributed by atoms with Crippen LogP contribution >= 0.6 is 23.4 Å². The number of thioether (sulfide) groups is 1. The fourth-order valence-corrected chi connectivity index (χ4v) is 3.58. The number of amides is 1. The number of halogens is 1. The van der Waals surface area contributed by atoms with Crippen LogP contribution in [0.1, 0.15) is 21.5 Å². The first-order valence-corrected chi connectivity index (χ1v) is 9.75. The van der Waals surface area contributed by atoms with Gasteiger partial charge in [0.2, 0.25) is 0 Å². The van der Waals surface area contributed by atoms with Gasteiger partial charge in [-0.25, -0.2) is 0 Å². The van der Waals surface area contributed by atoms with E-state index in [1.54, 1.807) is 16.7 Å². The number of hydrogen-bond acceptors (Lipinski definition) is 2. The van der Waals surface area contributed by atoms with Gasteiger partial charge in [-0.05, 0) is 47.5 Å². The Morgan fingerprint density at radius 1 is 0.885 bits per heavy atom. The van der Waals surface area contributed by atoms with Crippen molar-refractivity contribution in [2.45, 2.75) is 17.2 Å². The van der Waals surface area contributed by atoms with Gasteiger partial charge in [-0.15, -0.1) is 11.8 Å². The highest BCUT2D eigenvalue weighted by atomic mass is 35.5. The fourth-order valence-electron chi connectivity index (χ4n) is 2.58. The van der Waals surface area contributed by atoms with Crippen LogP contribution in [0.5, 0.6) is 0 Å². The van der Waals surface area contributed by atoms with Crippen molar-refractivity contribution >= 4 is 29.3 Å². The number of hydrogen-bond donors (Lipinski definition) is 0. The first-order chi connectivity index (χ1) is 12.6. The molecule has 0 fully saturated rings. The van der Waals surface area contributed by atoms with Crippen molar-refractivity contribution in [2.24, 2.45) is 0 Å². The molecule has 0 aliphatic rings. The molecule has 0 aromatic heterocycles. The van der Waals surface area contributed by atoms with Crippen LogP contribution < -0.4 is 0 Å². The lowest BCUT2D eigenvalue weighted by atomic mass is 10.1. The summed E-state index contributed by atoms with van der Waals surface area (Å²) in [4.78, 5) is 15.6. The van der Waals surface area contributed by atoms with Gasteiger partial charge >= 0.3 is 0 Å². The molecule has 0 aliphatic heterocycles. The number of benzene rings is 3. The van der Waals surface area contributed by atoms with E-state index in [4.69, 9.17) is 11.6 Å². The van der Waals surface area contributed by atoms with Gasteiger partial charge in [0.25, 0.3) is 5.91 Å². The predicted octanol–water partition coefficient (Wildman–Crippen LogP) is 5.90. The Balaban J connectivity index is 1.58. The zero-order valence-corrected chi connectivity index (χ0v) is 16.1. The molecule has 0 heterocycles. The number of carbonyl (C=O) groups is 1. The molecule has 0 bridgehead atoms. The molecule has 0 unspecified atom stereocenters. The first kappa shape index (κ1) is 18.6. The summed E-state index contributed by atoms with van der Waals surface area (Å²) < 4.78 is 0. The molecule has 0 radical (unpaired) electrons. The Bertz CT molecular complexity index is 848. The van der Waals surface area contributed by atoms with Crippen LogP contribution in [0, 0.1) is 0 Å². The Labute approximate surface area is 163 Å². The molecule has 0 spiro atoms. The van der Waals surface area contributed by atoms with Crippen LogP contribution in [0.15, 0.2) is 83.8 Å². The minimum Gasteiger partial charge on any atom is -0.337 e. The van der Waals surface area contributed by atoms with E-state index in [2.05, 4.69) is 12.1 Å². The third-order valence-corrected chi connectivity index (χ3v) is 5.36. The average molecular weight is 382 g/mol. The summed E-state index contributed by atoms with van der Waals surface area (Å²) in [5.74, 6) is 0.904. The minimum absolute atomic E-state index is 0.0159. The molecule has 0 atom stereocenters. The topological polar surface area (TPSA) is 20.3 Å². The van der Waals surface area contributed by atoms with Gasteiger partial charge in [0.05, 0.1) is 0 Å². The molecule has 4 heteroatoms. The molecule has 0 aliphatic carbocycles. The van der Waals surface area contributed by atoms with E-state index in [0.29, 0.717) is 17.1 Å². The summed E-state index contributed by atoms with van der Waals surface area (Å²) in [5, 5.41) is 0.701. The second-order valence-electron chi connectivity index (χ2n) is 6.09. The van der Waals surface area contributed by atoms with Crippen molar-refractivity contribution in [2.75, 3.05) is 7.05 Å². The first-order valence-electron chi connectivity index (χ1n) is 8.38. The maximum Gasteiger partial charge on any atom is 0.253 e. The van der Waals surface area contributed by atoms with E-state index in [1.165, 1.54) is 10.5 Å². The fraction of sp³-hybridized carbons (Fsp3) is 0.136.